The van der Waals surface area contributed by atoms with E-state index < -0.39 is 0 Å². The van der Waals surface area contributed by atoms with Crippen LogP contribution in [0, 0.1) is 0 Å². The third-order valence-corrected chi connectivity index (χ3v) is 6.81. The van der Waals surface area contributed by atoms with Crippen LogP contribution in [0.1, 0.15) is 11.6 Å². The average molecular weight is 423 g/mol. The lowest BCUT2D eigenvalue weighted by Gasteiger charge is -2.17. The van der Waals surface area contributed by atoms with Gasteiger partial charge in [0.1, 0.15) is 0 Å². The summed E-state index contributed by atoms with van der Waals surface area (Å²) in [4.78, 5) is 0. The Balaban J connectivity index is 1.61. The minimum atomic E-state index is 0.180. The summed E-state index contributed by atoms with van der Waals surface area (Å²) in [6.07, 6.45) is 8.37. The molecule has 156 valence electrons. The zero-order valence-electron chi connectivity index (χ0n) is 18.1. The van der Waals surface area contributed by atoms with Crippen LogP contribution in [0.2, 0.25) is 0 Å². The summed E-state index contributed by atoms with van der Waals surface area (Å²) in [7, 11) is 0. The van der Waals surface area contributed by atoms with Crippen molar-refractivity contribution >= 4 is 43.4 Å². The van der Waals surface area contributed by atoms with Crippen molar-refractivity contribution in [1.29, 1.82) is 0 Å². The molecule has 0 saturated heterocycles. The predicted octanol–water partition coefficient (Wildman–Crippen LogP) is 7.80. The molecule has 0 aliphatic carbocycles. The number of benzene rings is 5. The molecule has 6 aromatic rings. The fourth-order valence-electron chi connectivity index (χ4n) is 5.23. The van der Waals surface area contributed by atoms with Gasteiger partial charge < -0.3 is 9.88 Å². The van der Waals surface area contributed by atoms with E-state index in [0.717, 1.165) is 0 Å². The van der Waals surface area contributed by atoms with Gasteiger partial charge in [-0.3, -0.25) is 0 Å². The molecular formula is C31H22N2. The van der Waals surface area contributed by atoms with Crippen molar-refractivity contribution in [1.82, 2.24) is 9.88 Å². The second kappa shape index (κ2) is 7.11. The van der Waals surface area contributed by atoms with Crippen molar-refractivity contribution in [3.8, 4) is 5.69 Å². The number of hydrogen-bond donors (Lipinski definition) is 1. The molecule has 0 bridgehead atoms. The van der Waals surface area contributed by atoms with Gasteiger partial charge in [0.2, 0.25) is 0 Å². The maximum atomic E-state index is 3.47. The van der Waals surface area contributed by atoms with Gasteiger partial charge in [0.05, 0.1) is 17.1 Å². The Kier molecular flexibility index (Phi) is 3.94. The Bertz CT molecular complexity index is 1750. The van der Waals surface area contributed by atoms with Crippen LogP contribution in [0.5, 0.6) is 0 Å². The maximum absolute atomic E-state index is 3.47. The van der Waals surface area contributed by atoms with E-state index in [4.69, 9.17) is 0 Å². The summed E-state index contributed by atoms with van der Waals surface area (Å²) >= 11 is 0. The fourth-order valence-corrected chi connectivity index (χ4v) is 5.23. The smallest absolute Gasteiger partial charge is 0.0696 e. The number of dihydropyridines is 1. The van der Waals surface area contributed by atoms with Crippen LogP contribution in [0.25, 0.3) is 49.0 Å². The molecule has 0 spiro atoms. The van der Waals surface area contributed by atoms with Gasteiger partial charge in [-0.1, -0.05) is 91.0 Å². The lowest BCUT2D eigenvalue weighted by atomic mass is 10.0. The zero-order chi connectivity index (χ0) is 21.8. The Labute approximate surface area is 192 Å². The number of allylic oxidation sites excluding steroid dienone is 2. The van der Waals surface area contributed by atoms with Crippen molar-refractivity contribution in [3.05, 3.63) is 127 Å². The molecule has 1 unspecified atom stereocenters. The second-order valence-electron chi connectivity index (χ2n) is 8.71. The molecule has 5 aromatic carbocycles. The molecule has 0 radical (unpaired) electrons. The first kappa shape index (κ1) is 18.3. The third-order valence-electron chi connectivity index (χ3n) is 6.81. The highest BCUT2D eigenvalue weighted by molar-refractivity contribution is 6.18. The predicted molar refractivity (Wildman–Crippen MR) is 140 cm³/mol. The van der Waals surface area contributed by atoms with E-state index in [1.807, 2.05) is 12.3 Å². The first-order valence-electron chi connectivity index (χ1n) is 11.4. The number of nitrogens with one attached hydrogen (secondary N) is 1. The second-order valence-corrected chi connectivity index (χ2v) is 8.71. The summed E-state index contributed by atoms with van der Waals surface area (Å²) < 4.78 is 2.45. The van der Waals surface area contributed by atoms with E-state index in [1.54, 1.807) is 0 Å². The van der Waals surface area contributed by atoms with Crippen LogP contribution in [-0.2, 0) is 0 Å². The van der Waals surface area contributed by atoms with Crippen molar-refractivity contribution in [2.45, 2.75) is 6.04 Å². The van der Waals surface area contributed by atoms with E-state index in [0.29, 0.717) is 0 Å². The van der Waals surface area contributed by atoms with Gasteiger partial charge in [-0.25, -0.2) is 0 Å². The highest BCUT2D eigenvalue weighted by Gasteiger charge is 2.17. The molecule has 1 aromatic heterocycles. The minimum Gasteiger partial charge on any atom is -0.381 e. The van der Waals surface area contributed by atoms with E-state index in [-0.39, 0.29) is 6.04 Å². The monoisotopic (exact) mass is 422 g/mol. The molecule has 2 nitrogen and oxygen atoms in total. The minimum absolute atomic E-state index is 0.180. The molecule has 0 saturated carbocycles. The molecule has 1 N–H and O–H groups in total. The Morgan fingerprint density at radius 3 is 2.27 bits per heavy atom. The molecule has 1 atom stereocenters. The Hall–Kier alpha value is -4.30. The van der Waals surface area contributed by atoms with E-state index >= 15 is 0 Å². The van der Waals surface area contributed by atoms with Gasteiger partial charge in [0, 0.05) is 21.8 Å². The van der Waals surface area contributed by atoms with Crippen LogP contribution in [0.3, 0.4) is 0 Å². The lowest BCUT2D eigenvalue weighted by molar-refractivity contribution is 0.747. The SMILES string of the molecule is C1=CNC(c2ccc3c4ccc5ccccc5c4n(-c4ccc5ccccc5c4)c3c2)C=C1. The van der Waals surface area contributed by atoms with Crippen molar-refractivity contribution in [2.24, 2.45) is 0 Å². The zero-order valence-corrected chi connectivity index (χ0v) is 18.1. The Morgan fingerprint density at radius 2 is 1.39 bits per heavy atom. The average Bonchev–Trinajstić information content (AvgIpc) is 3.23. The Morgan fingerprint density at radius 1 is 0.606 bits per heavy atom. The summed E-state index contributed by atoms with van der Waals surface area (Å²) in [6.45, 7) is 0. The highest BCUT2D eigenvalue weighted by Crippen LogP contribution is 2.38. The quantitative estimate of drug-likeness (QED) is 0.301. The number of hydrogen-bond acceptors (Lipinski definition) is 1. The van der Waals surface area contributed by atoms with Crippen LogP contribution < -0.4 is 5.32 Å². The molecule has 2 heterocycles. The number of fused-ring (bicyclic) bond motifs is 6. The third kappa shape index (κ3) is 2.81. The first-order valence-corrected chi connectivity index (χ1v) is 11.4. The lowest BCUT2D eigenvalue weighted by Crippen LogP contribution is -2.14. The van der Waals surface area contributed by atoms with Gasteiger partial charge in [0.25, 0.3) is 0 Å². The summed E-state index contributed by atoms with van der Waals surface area (Å²) in [5, 5.41) is 11.1. The van der Waals surface area contributed by atoms with Crippen LogP contribution in [0.4, 0.5) is 0 Å². The van der Waals surface area contributed by atoms with Crippen LogP contribution in [-0.4, -0.2) is 4.57 Å². The molecule has 33 heavy (non-hydrogen) atoms. The first-order chi connectivity index (χ1) is 16.4. The van der Waals surface area contributed by atoms with E-state index in [1.165, 1.54) is 54.6 Å². The molecular weight excluding hydrogens is 400 g/mol. The van der Waals surface area contributed by atoms with Crippen molar-refractivity contribution in [2.75, 3.05) is 0 Å². The summed E-state index contributed by atoms with van der Waals surface area (Å²) in [6, 6.07) is 35.6. The van der Waals surface area contributed by atoms with Crippen LogP contribution in [0.15, 0.2) is 121 Å². The molecule has 1 aliphatic rings. The van der Waals surface area contributed by atoms with E-state index in [9.17, 15) is 0 Å². The van der Waals surface area contributed by atoms with Gasteiger partial charge in [-0.05, 0) is 52.2 Å². The molecule has 2 heteroatoms. The maximum Gasteiger partial charge on any atom is 0.0696 e. The molecule has 7 rings (SSSR count). The van der Waals surface area contributed by atoms with Crippen molar-refractivity contribution < 1.29 is 0 Å². The number of rotatable bonds is 2. The van der Waals surface area contributed by atoms with Crippen molar-refractivity contribution in [3.63, 3.8) is 0 Å². The van der Waals surface area contributed by atoms with Gasteiger partial charge in [-0.15, -0.1) is 0 Å². The standard InChI is InChI=1S/C31H22N2/c1-2-9-23-19-25(15-12-21(23)7-1)33-30-20-24(29-11-5-6-18-32-29)14-16-27(30)28-17-13-22-8-3-4-10-26(22)31(28)33/h1-20,29,32H. The van der Waals surface area contributed by atoms with Gasteiger partial charge >= 0.3 is 0 Å². The normalized spacial score (nSPS) is 15.6. The van der Waals surface area contributed by atoms with E-state index in [2.05, 4.69) is 119 Å². The molecule has 0 amide bonds. The fraction of sp³-hybridized carbons (Fsp3) is 0.0323. The van der Waals surface area contributed by atoms with Crippen LogP contribution >= 0.6 is 0 Å². The molecule has 0 fully saturated rings. The van der Waals surface area contributed by atoms with Gasteiger partial charge in [-0.2, -0.15) is 0 Å². The largest absolute Gasteiger partial charge is 0.381 e. The topological polar surface area (TPSA) is 17.0 Å². The highest BCUT2D eigenvalue weighted by atomic mass is 15.0. The summed E-state index contributed by atoms with van der Waals surface area (Å²) in [5.74, 6) is 0. The number of nitrogens with zero attached hydrogens (tertiary/aromatic N) is 1. The summed E-state index contributed by atoms with van der Waals surface area (Å²) in [5.41, 5.74) is 4.95. The molecule has 1 aliphatic heterocycles. The van der Waals surface area contributed by atoms with Gasteiger partial charge in [0.15, 0.2) is 0 Å². The number of aromatic nitrogens is 1.